The van der Waals surface area contributed by atoms with Crippen molar-refractivity contribution >= 4 is 11.1 Å². The van der Waals surface area contributed by atoms with Crippen molar-refractivity contribution in [3.63, 3.8) is 0 Å². The van der Waals surface area contributed by atoms with Gasteiger partial charge in [0, 0.05) is 29.7 Å². The number of allylic oxidation sites excluding steroid dienone is 12. The van der Waals surface area contributed by atoms with Gasteiger partial charge in [0.2, 0.25) is 5.69 Å². The Balaban J connectivity index is 0. The Labute approximate surface area is 281 Å². The fraction of sp³-hybridized carbons (Fsp3) is 0.477. The molecule has 0 N–H and O–H groups in total. The summed E-state index contributed by atoms with van der Waals surface area (Å²) in [6.07, 6.45) is 28.1. The summed E-state index contributed by atoms with van der Waals surface area (Å²) in [5.74, 6) is 0.347. The molecule has 0 saturated carbocycles. The lowest BCUT2D eigenvalue weighted by Crippen LogP contribution is -2.44. The predicted molar refractivity (Wildman–Crippen MR) is 208 cm³/mol. The van der Waals surface area contributed by atoms with Gasteiger partial charge in [-0.1, -0.05) is 167 Å². The van der Waals surface area contributed by atoms with E-state index in [4.69, 9.17) is 0 Å². The largest absolute Gasteiger partial charge is 0.213 e. The van der Waals surface area contributed by atoms with Gasteiger partial charge in [-0.25, -0.2) is 0 Å². The molecule has 1 aliphatic carbocycles. The molecule has 0 bridgehead atoms. The molecule has 0 spiro atoms. The number of hydrogen-bond acceptors (Lipinski definition) is 0. The molecular formula is C44H70N+. The summed E-state index contributed by atoms with van der Waals surface area (Å²) in [5, 5.41) is 0. The number of benzene rings is 1. The summed E-state index contributed by atoms with van der Waals surface area (Å²) in [6.45, 7) is 29.5. The van der Waals surface area contributed by atoms with Gasteiger partial charge in [-0.05, 0) is 63.2 Å². The van der Waals surface area contributed by atoms with Crippen molar-refractivity contribution in [3.05, 3.63) is 125 Å². The van der Waals surface area contributed by atoms with Crippen LogP contribution in [0.5, 0.6) is 0 Å². The van der Waals surface area contributed by atoms with E-state index in [1.165, 1.54) is 51.9 Å². The third kappa shape index (κ3) is 14.6. The molecule has 2 aromatic rings. The van der Waals surface area contributed by atoms with Crippen LogP contribution >= 0.6 is 0 Å². The van der Waals surface area contributed by atoms with Gasteiger partial charge in [0.15, 0.2) is 12.2 Å². The van der Waals surface area contributed by atoms with Crippen LogP contribution in [-0.4, -0.2) is 0 Å². The molecule has 1 heterocycles. The summed E-state index contributed by atoms with van der Waals surface area (Å²) in [4.78, 5) is 0. The summed E-state index contributed by atoms with van der Waals surface area (Å²) in [6, 6.07) is 13.9. The highest BCUT2D eigenvalue weighted by molar-refractivity contribution is 5.78. The van der Waals surface area contributed by atoms with E-state index in [1.807, 2.05) is 41.5 Å². The van der Waals surface area contributed by atoms with E-state index in [0.717, 1.165) is 19.3 Å². The standard InChI is InChI=1S/C34H42N.C4H10.3C2H6/c1-7-11-12-18-26(5)30-20-15-16-22-32(30)33(10-4)35-24-23-29(28(9-3)17-8-2)25-34(35)31-21-14-13-19-27(31)6;1-3-4-2;3*1-2/h7-9,11-12,14-18,20-26,33H,10,13,19H2,1-6H3;3-4H2,1-2H3;3*1-2H3/q+1;;;;/b11-7-,17-8-,18-12-,28-9+;;;;. The normalized spacial score (nSPS) is 14.0. The van der Waals surface area contributed by atoms with Crippen molar-refractivity contribution in [2.45, 2.75) is 141 Å². The van der Waals surface area contributed by atoms with E-state index >= 15 is 0 Å². The van der Waals surface area contributed by atoms with Gasteiger partial charge in [0.05, 0.1) is 0 Å². The maximum absolute atomic E-state index is 2.52. The van der Waals surface area contributed by atoms with Crippen LogP contribution in [0.3, 0.4) is 0 Å². The molecule has 1 aromatic heterocycles. The maximum Gasteiger partial charge on any atom is 0.213 e. The predicted octanol–water partition coefficient (Wildman–Crippen LogP) is 14.2. The van der Waals surface area contributed by atoms with Crippen molar-refractivity contribution in [3.8, 4) is 0 Å². The monoisotopic (exact) mass is 613 g/mol. The quantitative estimate of drug-likeness (QED) is 0.186. The number of hydrogen-bond donors (Lipinski definition) is 0. The number of unbranched alkanes of at least 4 members (excludes halogenated alkanes) is 1. The Morgan fingerprint density at radius 1 is 0.844 bits per heavy atom. The molecule has 0 radical (unpaired) electrons. The zero-order valence-corrected chi connectivity index (χ0v) is 31.9. The highest BCUT2D eigenvalue weighted by Crippen LogP contribution is 2.32. The molecule has 1 nitrogen and oxygen atoms in total. The first-order valence-electron chi connectivity index (χ1n) is 18.1. The minimum absolute atomic E-state index is 0.263. The van der Waals surface area contributed by atoms with Crippen LogP contribution in [0, 0.1) is 0 Å². The first-order chi connectivity index (χ1) is 22.0. The minimum atomic E-state index is 0.263. The summed E-state index contributed by atoms with van der Waals surface area (Å²) < 4.78 is 2.52. The average molecular weight is 613 g/mol. The van der Waals surface area contributed by atoms with Gasteiger partial charge in [-0.15, -0.1) is 0 Å². The Morgan fingerprint density at radius 2 is 1.47 bits per heavy atom. The summed E-state index contributed by atoms with van der Waals surface area (Å²) in [7, 11) is 0. The zero-order chi connectivity index (χ0) is 34.6. The van der Waals surface area contributed by atoms with Crippen LogP contribution < -0.4 is 4.57 Å². The van der Waals surface area contributed by atoms with E-state index in [-0.39, 0.29) is 6.04 Å². The summed E-state index contributed by atoms with van der Waals surface area (Å²) >= 11 is 0. The Morgan fingerprint density at radius 3 is 1.98 bits per heavy atom. The van der Waals surface area contributed by atoms with Crippen LogP contribution in [0.1, 0.15) is 163 Å². The molecule has 0 amide bonds. The fourth-order valence-corrected chi connectivity index (χ4v) is 5.04. The fourth-order valence-electron chi connectivity index (χ4n) is 5.04. The topological polar surface area (TPSA) is 3.88 Å². The van der Waals surface area contributed by atoms with Crippen molar-refractivity contribution in [2.75, 3.05) is 0 Å². The first kappa shape index (κ1) is 43.9. The van der Waals surface area contributed by atoms with Gasteiger partial charge < -0.3 is 0 Å². The highest BCUT2D eigenvalue weighted by Gasteiger charge is 2.29. The maximum atomic E-state index is 2.52. The van der Waals surface area contributed by atoms with Crippen molar-refractivity contribution in [1.82, 2.24) is 0 Å². The highest BCUT2D eigenvalue weighted by atomic mass is 15.0. The summed E-state index contributed by atoms with van der Waals surface area (Å²) in [5.41, 5.74) is 9.47. The van der Waals surface area contributed by atoms with Gasteiger partial charge in [0.1, 0.15) is 0 Å². The van der Waals surface area contributed by atoms with E-state index in [0.29, 0.717) is 5.92 Å². The molecule has 250 valence electrons. The van der Waals surface area contributed by atoms with Crippen LogP contribution in [0.2, 0.25) is 0 Å². The second-order valence-electron chi connectivity index (χ2n) is 10.3. The van der Waals surface area contributed by atoms with Crippen molar-refractivity contribution in [2.24, 2.45) is 0 Å². The average Bonchev–Trinajstić information content (AvgIpc) is 3.11. The van der Waals surface area contributed by atoms with Crippen molar-refractivity contribution in [1.29, 1.82) is 0 Å². The molecule has 3 rings (SSSR count). The third-order valence-corrected chi connectivity index (χ3v) is 7.45. The minimum Gasteiger partial charge on any atom is -0.191 e. The molecule has 2 atom stereocenters. The van der Waals surface area contributed by atoms with Crippen LogP contribution in [0.25, 0.3) is 11.1 Å². The lowest BCUT2D eigenvalue weighted by Gasteiger charge is -2.21. The molecule has 1 heteroatoms. The molecule has 1 aromatic carbocycles. The number of rotatable bonds is 10. The van der Waals surface area contributed by atoms with E-state index in [1.54, 1.807) is 0 Å². The lowest BCUT2D eigenvalue weighted by molar-refractivity contribution is -0.716. The number of pyridine rings is 1. The first-order valence-corrected chi connectivity index (χ1v) is 18.1. The van der Waals surface area contributed by atoms with Crippen LogP contribution in [-0.2, 0) is 0 Å². The molecule has 2 unspecified atom stereocenters. The number of nitrogens with zero attached hydrogens (tertiary/aromatic N) is 1. The Hall–Kier alpha value is -3.19. The molecular weight excluding hydrogens is 542 g/mol. The lowest BCUT2D eigenvalue weighted by atomic mass is 9.88. The second-order valence-corrected chi connectivity index (χ2v) is 10.3. The van der Waals surface area contributed by atoms with Crippen LogP contribution in [0.4, 0.5) is 0 Å². The van der Waals surface area contributed by atoms with Gasteiger partial charge in [0.25, 0.3) is 0 Å². The molecule has 1 aliphatic rings. The van der Waals surface area contributed by atoms with Crippen LogP contribution in [0.15, 0.2) is 103 Å². The number of aromatic nitrogens is 1. The van der Waals surface area contributed by atoms with Gasteiger partial charge >= 0.3 is 0 Å². The Bertz CT molecular complexity index is 1210. The van der Waals surface area contributed by atoms with Gasteiger partial charge in [-0.3, -0.25) is 0 Å². The van der Waals surface area contributed by atoms with E-state index in [2.05, 4.69) is 157 Å². The molecule has 0 aliphatic heterocycles. The zero-order valence-electron chi connectivity index (χ0n) is 31.9. The smallest absolute Gasteiger partial charge is 0.191 e. The Kier molecular flexibility index (Phi) is 27.6. The SMILES string of the molecule is C/C=C\C=C/C(C)c1ccccc1C(CC)[n+]1ccc(C(/C=C\C)=C/C)cc1C1=C(C)CCC=C1.CC.CC.CC.CCCC. The van der Waals surface area contributed by atoms with E-state index in [9.17, 15) is 0 Å². The van der Waals surface area contributed by atoms with Gasteiger partial charge in [-0.2, -0.15) is 4.57 Å². The molecule has 45 heavy (non-hydrogen) atoms. The third-order valence-electron chi connectivity index (χ3n) is 7.45. The van der Waals surface area contributed by atoms with Crippen molar-refractivity contribution < 1.29 is 4.57 Å². The molecule has 0 saturated heterocycles. The second kappa shape index (κ2) is 28.3. The van der Waals surface area contributed by atoms with E-state index < -0.39 is 0 Å². The molecule has 0 fully saturated rings.